The minimum absolute atomic E-state index is 0.0461. The van der Waals surface area contributed by atoms with Crippen LogP contribution in [0.5, 0.6) is 5.75 Å². The number of methoxy groups -OCH3 is 1. The first kappa shape index (κ1) is 21.5. The summed E-state index contributed by atoms with van der Waals surface area (Å²) in [5.74, 6) is -0.466. The quantitative estimate of drug-likeness (QED) is 0.583. The molecule has 0 aliphatic carbocycles. The number of carbonyl (C=O) groups is 1. The molecular weight excluding hydrogens is 418 g/mol. The van der Waals surface area contributed by atoms with E-state index >= 15 is 0 Å². The lowest BCUT2D eigenvalue weighted by atomic mass is 10.1. The molecule has 1 N–H and O–H groups in total. The zero-order chi connectivity index (χ0) is 21.7. The molecule has 30 heavy (non-hydrogen) atoms. The summed E-state index contributed by atoms with van der Waals surface area (Å²) in [4.78, 5) is 29.5. The zero-order valence-corrected chi connectivity index (χ0v) is 16.9. The highest BCUT2D eigenvalue weighted by molar-refractivity contribution is 7.16. The molecule has 0 aliphatic rings. The molecule has 2 aromatic heterocycles. The van der Waals surface area contributed by atoms with E-state index in [1.54, 1.807) is 12.1 Å². The molecule has 2 heterocycles. The van der Waals surface area contributed by atoms with Gasteiger partial charge in [0.1, 0.15) is 11.4 Å². The van der Waals surface area contributed by atoms with Gasteiger partial charge in [-0.05, 0) is 37.3 Å². The molecule has 0 saturated heterocycles. The summed E-state index contributed by atoms with van der Waals surface area (Å²) in [5, 5.41) is 7.05. The summed E-state index contributed by atoms with van der Waals surface area (Å²) < 4.78 is 35.0. The molecule has 0 saturated carbocycles. The smallest absolute Gasteiger partial charge is 0.387 e. The standard InChI is InChI=1S/C19H18F2N4O4S/c1-11-16(12-3-5-13(6-4-12)29-18(20)21)22-19(30-11)23-17(27)14-7-8-15(26)25(24-14)9-10-28-2/h3-8,18H,9-10H2,1-2H3,(H,22,23,27). The number of nitrogens with one attached hydrogen (secondary N) is 1. The Morgan fingerprint density at radius 2 is 1.97 bits per heavy atom. The minimum atomic E-state index is -2.89. The summed E-state index contributed by atoms with van der Waals surface area (Å²) in [6, 6.07) is 8.66. The lowest BCUT2D eigenvalue weighted by molar-refractivity contribution is -0.0498. The third kappa shape index (κ3) is 5.24. The van der Waals surface area contributed by atoms with E-state index in [9.17, 15) is 18.4 Å². The van der Waals surface area contributed by atoms with Gasteiger partial charge in [-0.3, -0.25) is 14.9 Å². The molecule has 11 heteroatoms. The number of anilines is 1. The molecular formula is C19H18F2N4O4S. The Morgan fingerprint density at radius 1 is 1.23 bits per heavy atom. The zero-order valence-electron chi connectivity index (χ0n) is 16.1. The summed E-state index contributed by atoms with van der Waals surface area (Å²) in [6.45, 7) is -0.553. The van der Waals surface area contributed by atoms with Crippen molar-refractivity contribution in [3.63, 3.8) is 0 Å². The Morgan fingerprint density at radius 3 is 2.63 bits per heavy atom. The lowest BCUT2D eigenvalue weighted by Crippen LogP contribution is -2.27. The molecule has 0 spiro atoms. The van der Waals surface area contributed by atoms with Crippen molar-refractivity contribution in [3.8, 4) is 17.0 Å². The normalized spacial score (nSPS) is 11.0. The van der Waals surface area contributed by atoms with Crippen LogP contribution in [0.1, 0.15) is 15.4 Å². The van der Waals surface area contributed by atoms with Crippen molar-refractivity contribution in [1.29, 1.82) is 0 Å². The van der Waals surface area contributed by atoms with Crippen LogP contribution in [0.25, 0.3) is 11.3 Å². The average molecular weight is 436 g/mol. The highest BCUT2D eigenvalue weighted by Gasteiger charge is 2.15. The van der Waals surface area contributed by atoms with Gasteiger partial charge in [-0.1, -0.05) is 0 Å². The molecule has 0 bridgehead atoms. The molecule has 1 amide bonds. The van der Waals surface area contributed by atoms with Crippen LogP contribution in [-0.4, -0.2) is 41.0 Å². The summed E-state index contributed by atoms with van der Waals surface area (Å²) in [6.07, 6.45) is 0. The van der Waals surface area contributed by atoms with E-state index in [0.29, 0.717) is 16.4 Å². The molecule has 3 aromatic rings. The second-order valence-electron chi connectivity index (χ2n) is 6.05. The van der Waals surface area contributed by atoms with Crippen LogP contribution in [-0.2, 0) is 11.3 Å². The molecule has 0 radical (unpaired) electrons. The van der Waals surface area contributed by atoms with Gasteiger partial charge in [0.15, 0.2) is 5.13 Å². The molecule has 158 valence electrons. The van der Waals surface area contributed by atoms with Gasteiger partial charge in [0, 0.05) is 23.6 Å². The SMILES string of the molecule is COCCn1nc(C(=O)Nc2nc(-c3ccc(OC(F)F)cc3)c(C)s2)ccc1=O. The third-order valence-electron chi connectivity index (χ3n) is 3.98. The van der Waals surface area contributed by atoms with Crippen molar-refractivity contribution in [1.82, 2.24) is 14.8 Å². The largest absolute Gasteiger partial charge is 0.435 e. The maximum atomic E-state index is 12.5. The second kappa shape index (κ2) is 9.55. The lowest BCUT2D eigenvalue weighted by Gasteiger charge is -2.06. The van der Waals surface area contributed by atoms with E-state index in [1.807, 2.05) is 6.92 Å². The van der Waals surface area contributed by atoms with Crippen molar-refractivity contribution in [2.24, 2.45) is 0 Å². The van der Waals surface area contributed by atoms with Crippen LogP contribution in [0.3, 0.4) is 0 Å². The Labute approximate surface area is 174 Å². The highest BCUT2D eigenvalue weighted by atomic mass is 32.1. The van der Waals surface area contributed by atoms with Crippen LogP contribution in [0.15, 0.2) is 41.2 Å². The fourth-order valence-corrected chi connectivity index (χ4v) is 3.41. The molecule has 0 fully saturated rings. The van der Waals surface area contributed by atoms with E-state index in [0.717, 1.165) is 9.56 Å². The van der Waals surface area contributed by atoms with E-state index in [2.05, 4.69) is 20.1 Å². The molecule has 8 nitrogen and oxygen atoms in total. The van der Waals surface area contributed by atoms with Gasteiger partial charge >= 0.3 is 6.61 Å². The fourth-order valence-electron chi connectivity index (χ4n) is 2.58. The average Bonchev–Trinajstić information content (AvgIpc) is 3.07. The number of thiazole rings is 1. The number of carbonyl (C=O) groups excluding carboxylic acids is 1. The van der Waals surface area contributed by atoms with E-state index < -0.39 is 12.5 Å². The third-order valence-corrected chi connectivity index (χ3v) is 4.86. The maximum Gasteiger partial charge on any atom is 0.387 e. The van der Waals surface area contributed by atoms with Crippen molar-refractivity contribution in [2.45, 2.75) is 20.1 Å². The van der Waals surface area contributed by atoms with Crippen molar-refractivity contribution >= 4 is 22.4 Å². The number of benzene rings is 1. The van der Waals surface area contributed by atoms with E-state index in [-0.39, 0.29) is 30.2 Å². The number of alkyl halides is 2. The monoisotopic (exact) mass is 436 g/mol. The van der Waals surface area contributed by atoms with Crippen molar-refractivity contribution < 1.29 is 23.0 Å². The van der Waals surface area contributed by atoms with Gasteiger partial charge in [0.05, 0.1) is 18.8 Å². The number of ether oxygens (including phenoxy) is 2. The summed E-state index contributed by atoms with van der Waals surface area (Å²) in [7, 11) is 1.50. The molecule has 0 aliphatic heterocycles. The van der Waals surface area contributed by atoms with E-state index in [1.165, 1.54) is 42.7 Å². The van der Waals surface area contributed by atoms with Gasteiger partial charge < -0.3 is 9.47 Å². The van der Waals surface area contributed by atoms with Crippen LogP contribution in [0, 0.1) is 6.92 Å². The van der Waals surface area contributed by atoms with Crippen LogP contribution < -0.4 is 15.6 Å². The molecule has 3 rings (SSSR count). The number of amides is 1. The van der Waals surface area contributed by atoms with Gasteiger partial charge in [-0.2, -0.15) is 13.9 Å². The van der Waals surface area contributed by atoms with Crippen molar-refractivity contribution in [3.05, 3.63) is 57.3 Å². The Hall–Kier alpha value is -3.18. The van der Waals surface area contributed by atoms with Crippen molar-refractivity contribution in [2.75, 3.05) is 19.0 Å². The number of hydrogen-bond donors (Lipinski definition) is 1. The molecule has 0 unspecified atom stereocenters. The Bertz CT molecular complexity index is 1080. The first-order valence-electron chi connectivity index (χ1n) is 8.78. The van der Waals surface area contributed by atoms with Crippen LogP contribution in [0.2, 0.25) is 0 Å². The summed E-state index contributed by atoms with van der Waals surface area (Å²) >= 11 is 1.26. The number of nitrogens with zero attached hydrogens (tertiary/aromatic N) is 3. The molecule has 1 aromatic carbocycles. The maximum absolute atomic E-state index is 12.5. The van der Waals surface area contributed by atoms with Gasteiger partial charge in [-0.25, -0.2) is 9.67 Å². The van der Waals surface area contributed by atoms with Gasteiger partial charge in [-0.15, -0.1) is 11.3 Å². The number of aryl methyl sites for hydroxylation is 1. The van der Waals surface area contributed by atoms with Gasteiger partial charge in [0.25, 0.3) is 11.5 Å². The topological polar surface area (TPSA) is 95.3 Å². The predicted molar refractivity (Wildman–Crippen MR) is 107 cm³/mol. The highest BCUT2D eigenvalue weighted by Crippen LogP contribution is 2.31. The van der Waals surface area contributed by atoms with Crippen LogP contribution in [0.4, 0.5) is 13.9 Å². The summed E-state index contributed by atoms with van der Waals surface area (Å²) in [5.41, 5.74) is 1.03. The minimum Gasteiger partial charge on any atom is -0.435 e. The first-order chi connectivity index (χ1) is 14.4. The predicted octanol–water partition coefficient (Wildman–Crippen LogP) is 3.18. The second-order valence-corrected chi connectivity index (χ2v) is 7.26. The first-order valence-corrected chi connectivity index (χ1v) is 9.60. The van der Waals surface area contributed by atoms with E-state index in [4.69, 9.17) is 4.74 Å². The Kier molecular flexibility index (Phi) is 6.85. The number of aromatic nitrogens is 3. The number of rotatable bonds is 8. The van der Waals surface area contributed by atoms with Gasteiger partial charge in [0.2, 0.25) is 0 Å². The Balaban J connectivity index is 1.75. The molecule has 0 atom stereocenters. The number of halogens is 2. The number of hydrogen-bond acceptors (Lipinski definition) is 7. The van der Waals surface area contributed by atoms with Crippen LogP contribution >= 0.6 is 11.3 Å². The fraction of sp³-hybridized carbons (Fsp3) is 0.263.